The number of aliphatic carboxylic acids is 1. The van der Waals surface area contributed by atoms with Crippen molar-refractivity contribution in [1.29, 1.82) is 0 Å². The normalized spacial score (nSPS) is 32.6. The Hall–Kier alpha value is -1.74. The Morgan fingerprint density at radius 2 is 1.72 bits per heavy atom. The molecule has 0 unspecified atom stereocenters. The number of aryl methyl sites for hydroxylation is 1. The van der Waals surface area contributed by atoms with Gasteiger partial charge in [0.15, 0.2) is 0 Å². The third-order valence-corrected chi connectivity index (χ3v) is 7.27. The van der Waals surface area contributed by atoms with E-state index in [4.69, 9.17) is 18.8 Å². The van der Waals surface area contributed by atoms with Gasteiger partial charge in [-0.2, -0.15) is 8.42 Å². The molecule has 0 aromatic heterocycles. The molecule has 0 spiro atoms. The van der Waals surface area contributed by atoms with Gasteiger partial charge < -0.3 is 14.6 Å². The molecule has 1 N–H and O–H groups in total. The number of rotatable bonds is 10. The van der Waals surface area contributed by atoms with Gasteiger partial charge in [0, 0.05) is 12.3 Å². The third-order valence-electron chi connectivity index (χ3n) is 5.98. The van der Waals surface area contributed by atoms with Crippen LogP contribution in [0.1, 0.15) is 31.2 Å². The van der Waals surface area contributed by atoms with Crippen molar-refractivity contribution in [3.05, 3.63) is 42.0 Å². The lowest BCUT2D eigenvalue weighted by Crippen LogP contribution is -2.36. The second kappa shape index (κ2) is 8.18. The first kappa shape index (κ1) is 20.5. The monoisotopic (exact) mass is 422 g/mol. The van der Waals surface area contributed by atoms with E-state index in [0.29, 0.717) is 12.8 Å². The Morgan fingerprint density at radius 1 is 1.07 bits per heavy atom. The summed E-state index contributed by atoms with van der Waals surface area (Å²) >= 11 is 0. The van der Waals surface area contributed by atoms with Crippen LogP contribution in [0.4, 0.5) is 0 Å². The highest BCUT2D eigenvalue weighted by molar-refractivity contribution is 7.86. The van der Waals surface area contributed by atoms with E-state index < -0.39 is 16.1 Å². The second-order valence-electron chi connectivity index (χ2n) is 8.00. The Labute approximate surface area is 170 Å². The number of fused-ring (bicyclic) bond motifs is 5. The van der Waals surface area contributed by atoms with Crippen LogP contribution in [-0.2, 0) is 28.6 Å². The number of benzene rings is 1. The van der Waals surface area contributed by atoms with E-state index in [1.54, 1.807) is 24.3 Å². The molecule has 0 radical (unpaired) electrons. The number of unbranched alkanes of at least 4 members (excludes halogenated alkanes) is 1. The fourth-order valence-electron chi connectivity index (χ4n) is 4.39. The maximum Gasteiger partial charge on any atom is 0.303 e. The molecule has 3 fully saturated rings. The number of carboxylic acid groups (broad SMARTS) is 1. The van der Waals surface area contributed by atoms with Crippen molar-refractivity contribution in [2.75, 3.05) is 6.61 Å². The van der Waals surface area contributed by atoms with E-state index in [0.717, 1.165) is 12.0 Å². The van der Waals surface area contributed by atoms with Gasteiger partial charge in [0.2, 0.25) is 0 Å². The van der Waals surface area contributed by atoms with Gasteiger partial charge in [0.25, 0.3) is 10.1 Å². The zero-order chi connectivity index (χ0) is 20.6. The third kappa shape index (κ3) is 4.40. The van der Waals surface area contributed by atoms with Gasteiger partial charge in [-0.05, 0) is 44.2 Å². The van der Waals surface area contributed by atoms with Crippen LogP contribution in [0.3, 0.4) is 0 Å². The van der Waals surface area contributed by atoms with Crippen LogP contribution in [0, 0.1) is 18.8 Å². The molecule has 0 saturated carbocycles. The number of ether oxygens (including phenoxy) is 2. The molecule has 7 nitrogen and oxygen atoms in total. The van der Waals surface area contributed by atoms with Crippen LogP contribution in [0.25, 0.3) is 0 Å². The Kier molecular flexibility index (Phi) is 5.79. The SMILES string of the molecule is Cc1ccc(S(=O)(=O)OC[C@@H]2[C@H](CC=CCCCC(=O)O)[C@H]3O[C@@H]2[C@H]2O[C@H]23)cc1. The van der Waals surface area contributed by atoms with E-state index in [1.807, 2.05) is 19.1 Å². The van der Waals surface area contributed by atoms with Crippen molar-refractivity contribution in [2.24, 2.45) is 11.8 Å². The van der Waals surface area contributed by atoms with Gasteiger partial charge in [0.05, 0.1) is 23.7 Å². The maximum atomic E-state index is 12.5. The summed E-state index contributed by atoms with van der Waals surface area (Å²) in [5, 5.41) is 8.69. The van der Waals surface area contributed by atoms with Crippen LogP contribution >= 0.6 is 0 Å². The van der Waals surface area contributed by atoms with E-state index >= 15 is 0 Å². The van der Waals surface area contributed by atoms with Gasteiger partial charge in [-0.1, -0.05) is 29.8 Å². The number of carboxylic acids is 1. The molecule has 6 atom stereocenters. The molecule has 0 amide bonds. The summed E-state index contributed by atoms with van der Waals surface area (Å²) in [7, 11) is -3.82. The first-order chi connectivity index (χ1) is 13.9. The van der Waals surface area contributed by atoms with Crippen LogP contribution in [-0.4, -0.2) is 50.5 Å². The van der Waals surface area contributed by atoms with E-state index in [2.05, 4.69) is 0 Å². The Bertz CT molecular complexity index is 877. The average molecular weight is 422 g/mol. The summed E-state index contributed by atoms with van der Waals surface area (Å²) < 4.78 is 42.2. The fourth-order valence-corrected chi connectivity index (χ4v) is 5.33. The lowest BCUT2D eigenvalue weighted by atomic mass is 9.78. The smallest absolute Gasteiger partial charge is 0.303 e. The topological polar surface area (TPSA) is 102 Å². The van der Waals surface area contributed by atoms with Crippen LogP contribution in [0.5, 0.6) is 0 Å². The summed E-state index contributed by atoms with van der Waals surface area (Å²) in [6.45, 7) is 1.97. The summed E-state index contributed by atoms with van der Waals surface area (Å²) in [4.78, 5) is 10.7. The molecule has 2 bridgehead atoms. The van der Waals surface area contributed by atoms with Crippen LogP contribution in [0.2, 0.25) is 0 Å². The largest absolute Gasteiger partial charge is 0.481 e. The van der Waals surface area contributed by atoms with Crippen molar-refractivity contribution in [2.45, 2.75) is 61.9 Å². The van der Waals surface area contributed by atoms with Gasteiger partial charge in [-0.15, -0.1) is 0 Å². The zero-order valence-corrected chi connectivity index (χ0v) is 17.1. The zero-order valence-electron chi connectivity index (χ0n) is 16.3. The van der Waals surface area contributed by atoms with E-state index in [9.17, 15) is 13.2 Å². The van der Waals surface area contributed by atoms with Crippen LogP contribution in [0.15, 0.2) is 41.3 Å². The first-order valence-electron chi connectivity index (χ1n) is 10.0. The summed E-state index contributed by atoms with van der Waals surface area (Å²) in [6, 6.07) is 6.60. The Balaban J connectivity index is 1.35. The molecule has 158 valence electrons. The van der Waals surface area contributed by atoms with Crippen LogP contribution < -0.4 is 0 Å². The number of hydrogen-bond acceptors (Lipinski definition) is 6. The standard InChI is InChI=1S/C21H26O7S/c1-13-8-10-14(11-9-13)29(24,25)26-12-16-15(6-4-2-3-5-7-17(22)23)18-20-21(28-20)19(16)27-18/h2,4,8-11,15-16,18-21H,3,5-7,12H2,1H3,(H,22,23)/t15-,16+,18+,19-,20-,21+/m0/s1. The molecule has 8 heteroatoms. The maximum absolute atomic E-state index is 12.5. The fraction of sp³-hybridized carbons (Fsp3) is 0.571. The predicted molar refractivity (Wildman–Crippen MR) is 104 cm³/mol. The van der Waals surface area contributed by atoms with Gasteiger partial charge in [-0.3, -0.25) is 8.98 Å². The first-order valence-corrected chi connectivity index (χ1v) is 11.4. The van der Waals surface area contributed by atoms with E-state index in [-0.39, 0.29) is 54.2 Å². The van der Waals surface area contributed by atoms with E-state index in [1.165, 1.54) is 0 Å². The summed E-state index contributed by atoms with van der Waals surface area (Å²) in [5.74, 6) is -0.704. The number of hydrogen-bond donors (Lipinski definition) is 1. The highest BCUT2D eigenvalue weighted by Gasteiger charge is 2.68. The molecular formula is C21H26O7S. The lowest BCUT2D eigenvalue weighted by molar-refractivity contribution is -0.137. The molecule has 3 heterocycles. The summed E-state index contributed by atoms with van der Waals surface area (Å²) in [6.07, 6.45) is 6.27. The molecule has 29 heavy (non-hydrogen) atoms. The molecule has 1 aromatic rings. The quantitative estimate of drug-likeness (QED) is 0.268. The minimum Gasteiger partial charge on any atom is -0.481 e. The van der Waals surface area contributed by atoms with Crippen molar-refractivity contribution in [3.63, 3.8) is 0 Å². The van der Waals surface area contributed by atoms with Crippen molar-refractivity contribution in [1.82, 2.24) is 0 Å². The predicted octanol–water partition coefficient (Wildman–Crippen LogP) is 2.68. The van der Waals surface area contributed by atoms with Gasteiger partial charge in [-0.25, -0.2) is 0 Å². The number of allylic oxidation sites excluding steroid dienone is 2. The Morgan fingerprint density at radius 3 is 2.41 bits per heavy atom. The molecular weight excluding hydrogens is 396 g/mol. The van der Waals surface area contributed by atoms with Crippen molar-refractivity contribution in [3.8, 4) is 0 Å². The number of carbonyl (C=O) groups is 1. The highest BCUT2D eigenvalue weighted by Crippen LogP contribution is 2.55. The number of epoxide rings is 1. The lowest BCUT2D eigenvalue weighted by Gasteiger charge is -2.24. The summed E-state index contributed by atoms with van der Waals surface area (Å²) in [5.41, 5.74) is 0.984. The minimum atomic E-state index is -3.82. The molecule has 4 rings (SSSR count). The molecule has 0 aliphatic carbocycles. The minimum absolute atomic E-state index is 0.0238. The van der Waals surface area contributed by atoms with Gasteiger partial charge >= 0.3 is 5.97 Å². The van der Waals surface area contributed by atoms with Crippen molar-refractivity contribution >= 4 is 16.1 Å². The molecule has 1 aromatic carbocycles. The average Bonchev–Trinajstić information content (AvgIpc) is 3.30. The van der Waals surface area contributed by atoms with Crippen molar-refractivity contribution < 1.29 is 32.0 Å². The van der Waals surface area contributed by atoms with Gasteiger partial charge in [0.1, 0.15) is 12.2 Å². The molecule has 3 aliphatic heterocycles. The molecule has 3 saturated heterocycles. The second-order valence-corrected chi connectivity index (χ2v) is 9.62. The highest BCUT2D eigenvalue weighted by atomic mass is 32.2. The molecule has 3 aliphatic rings.